The van der Waals surface area contributed by atoms with Crippen molar-refractivity contribution in [1.82, 2.24) is 15.7 Å². The van der Waals surface area contributed by atoms with Crippen LogP contribution in [0.4, 0.5) is 0 Å². The summed E-state index contributed by atoms with van der Waals surface area (Å²) in [5.74, 6) is -1.03. The molecule has 0 unspecified atom stereocenters. The largest absolute Gasteiger partial charge is 0.496 e. The van der Waals surface area contributed by atoms with E-state index in [1.165, 1.54) is 13.3 Å². The molecule has 0 atom stereocenters. The van der Waals surface area contributed by atoms with Crippen LogP contribution in [-0.2, 0) is 16.1 Å². The molecule has 0 saturated carbocycles. The third kappa shape index (κ3) is 5.17. The number of carbonyl (C=O) groups excluding carboxylic acids is 2. The third-order valence-electron chi connectivity index (χ3n) is 2.97. The van der Waals surface area contributed by atoms with Gasteiger partial charge in [0.15, 0.2) is 0 Å². The first-order chi connectivity index (χ1) is 11.6. The van der Waals surface area contributed by atoms with Crippen LogP contribution in [0.15, 0.2) is 52.3 Å². The molecule has 0 bridgehead atoms. The predicted octanol–water partition coefficient (Wildman–Crippen LogP) is 1.62. The Morgan fingerprint density at radius 3 is 2.71 bits per heavy atom. The molecule has 2 rings (SSSR count). The van der Waals surface area contributed by atoms with Gasteiger partial charge in [-0.1, -0.05) is 15.9 Å². The van der Waals surface area contributed by atoms with Gasteiger partial charge >= 0.3 is 11.8 Å². The summed E-state index contributed by atoms with van der Waals surface area (Å²) >= 11 is 3.34. The van der Waals surface area contributed by atoms with E-state index in [2.05, 4.69) is 36.8 Å². The molecule has 0 saturated heterocycles. The second-order valence-corrected chi connectivity index (χ2v) is 5.54. The fourth-order valence-electron chi connectivity index (χ4n) is 1.78. The molecule has 2 aromatic rings. The van der Waals surface area contributed by atoms with Crippen LogP contribution in [0, 0.1) is 0 Å². The number of rotatable bonds is 5. The molecule has 0 radical (unpaired) electrons. The van der Waals surface area contributed by atoms with Crippen LogP contribution < -0.4 is 15.5 Å². The SMILES string of the molecule is COc1ccc(Br)cc1/C=N\NC(=O)C(=O)NCc1ccncc1. The first-order valence-electron chi connectivity index (χ1n) is 6.94. The molecule has 0 spiro atoms. The highest BCUT2D eigenvalue weighted by atomic mass is 79.9. The second-order valence-electron chi connectivity index (χ2n) is 4.62. The zero-order valence-corrected chi connectivity index (χ0v) is 14.4. The minimum atomic E-state index is -0.853. The number of benzene rings is 1. The third-order valence-corrected chi connectivity index (χ3v) is 3.46. The molecule has 0 aliphatic carbocycles. The lowest BCUT2D eigenvalue weighted by atomic mass is 10.2. The maximum atomic E-state index is 11.7. The number of aromatic nitrogens is 1. The van der Waals surface area contributed by atoms with Crippen LogP contribution in [-0.4, -0.2) is 30.1 Å². The Morgan fingerprint density at radius 2 is 2.00 bits per heavy atom. The Balaban J connectivity index is 1.88. The van der Waals surface area contributed by atoms with Gasteiger partial charge in [-0.3, -0.25) is 14.6 Å². The summed E-state index contributed by atoms with van der Waals surface area (Å²) in [4.78, 5) is 27.2. The van der Waals surface area contributed by atoms with Gasteiger partial charge in [0.25, 0.3) is 0 Å². The molecule has 1 aromatic carbocycles. The summed E-state index contributed by atoms with van der Waals surface area (Å²) < 4.78 is 6.02. The van der Waals surface area contributed by atoms with Crippen molar-refractivity contribution in [1.29, 1.82) is 0 Å². The van der Waals surface area contributed by atoms with E-state index in [-0.39, 0.29) is 6.54 Å². The van der Waals surface area contributed by atoms with Crippen LogP contribution in [0.25, 0.3) is 0 Å². The fraction of sp³-hybridized carbons (Fsp3) is 0.125. The van der Waals surface area contributed by atoms with Gasteiger partial charge in [-0.2, -0.15) is 5.10 Å². The average Bonchev–Trinajstić information content (AvgIpc) is 2.60. The highest BCUT2D eigenvalue weighted by Crippen LogP contribution is 2.21. The molecular weight excluding hydrogens is 376 g/mol. The number of methoxy groups -OCH3 is 1. The summed E-state index contributed by atoms with van der Waals surface area (Å²) in [6.07, 6.45) is 4.62. The fourth-order valence-corrected chi connectivity index (χ4v) is 2.16. The van der Waals surface area contributed by atoms with Gasteiger partial charge in [-0.25, -0.2) is 5.43 Å². The molecule has 1 heterocycles. The molecule has 8 heteroatoms. The molecule has 7 nitrogen and oxygen atoms in total. The lowest BCUT2D eigenvalue weighted by Gasteiger charge is -2.05. The summed E-state index contributed by atoms with van der Waals surface area (Å²) in [6, 6.07) is 8.85. The number of carbonyl (C=O) groups is 2. The van der Waals surface area contributed by atoms with Crippen molar-refractivity contribution in [3.8, 4) is 5.75 Å². The zero-order chi connectivity index (χ0) is 17.4. The van der Waals surface area contributed by atoms with Crippen LogP contribution in [0.1, 0.15) is 11.1 Å². The lowest BCUT2D eigenvalue weighted by Crippen LogP contribution is -2.37. The lowest BCUT2D eigenvalue weighted by molar-refractivity contribution is -0.139. The van der Waals surface area contributed by atoms with E-state index >= 15 is 0 Å². The van der Waals surface area contributed by atoms with Gasteiger partial charge in [0.2, 0.25) is 0 Å². The number of halogens is 1. The van der Waals surface area contributed by atoms with E-state index in [0.717, 1.165) is 10.0 Å². The smallest absolute Gasteiger partial charge is 0.329 e. The van der Waals surface area contributed by atoms with E-state index in [0.29, 0.717) is 11.3 Å². The minimum Gasteiger partial charge on any atom is -0.496 e. The maximum absolute atomic E-state index is 11.7. The summed E-state index contributed by atoms with van der Waals surface area (Å²) in [7, 11) is 1.53. The first-order valence-corrected chi connectivity index (χ1v) is 7.73. The number of pyridine rings is 1. The van der Waals surface area contributed by atoms with Gasteiger partial charge in [-0.05, 0) is 35.9 Å². The van der Waals surface area contributed by atoms with E-state index in [9.17, 15) is 9.59 Å². The minimum absolute atomic E-state index is 0.234. The van der Waals surface area contributed by atoms with Crippen LogP contribution in [0.3, 0.4) is 0 Å². The Kier molecular flexibility index (Phi) is 6.44. The van der Waals surface area contributed by atoms with Crippen molar-refractivity contribution >= 4 is 34.0 Å². The van der Waals surface area contributed by atoms with E-state index < -0.39 is 11.8 Å². The van der Waals surface area contributed by atoms with E-state index in [1.54, 1.807) is 36.7 Å². The van der Waals surface area contributed by atoms with Crippen LogP contribution in [0.5, 0.6) is 5.75 Å². The van der Waals surface area contributed by atoms with Crippen molar-refractivity contribution in [3.05, 3.63) is 58.3 Å². The Bertz CT molecular complexity index is 750. The highest BCUT2D eigenvalue weighted by Gasteiger charge is 2.12. The van der Waals surface area contributed by atoms with Gasteiger partial charge in [-0.15, -0.1) is 0 Å². The van der Waals surface area contributed by atoms with E-state index in [1.807, 2.05) is 6.07 Å². The number of nitrogens with one attached hydrogen (secondary N) is 2. The maximum Gasteiger partial charge on any atom is 0.329 e. The molecule has 24 heavy (non-hydrogen) atoms. The Labute approximate surface area is 147 Å². The van der Waals surface area contributed by atoms with Crippen molar-refractivity contribution in [2.75, 3.05) is 7.11 Å². The van der Waals surface area contributed by atoms with Gasteiger partial charge < -0.3 is 10.1 Å². The number of amides is 2. The molecule has 2 N–H and O–H groups in total. The van der Waals surface area contributed by atoms with Crippen molar-refractivity contribution < 1.29 is 14.3 Å². The number of hydrogen-bond acceptors (Lipinski definition) is 5. The number of nitrogens with zero attached hydrogens (tertiary/aromatic N) is 2. The summed E-state index contributed by atoms with van der Waals surface area (Å²) in [5.41, 5.74) is 3.67. The Hall–Kier alpha value is -2.74. The summed E-state index contributed by atoms with van der Waals surface area (Å²) in [5, 5.41) is 6.27. The zero-order valence-electron chi connectivity index (χ0n) is 12.8. The predicted molar refractivity (Wildman–Crippen MR) is 92.5 cm³/mol. The summed E-state index contributed by atoms with van der Waals surface area (Å²) in [6.45, 7) is 0.234. The quantitative estimate of drug-likeness (QED) is 0.460. The monoisotopic (exact) mass is 390 g/mol. The molecule has 2 amide bonds. The Morgan fingerprint density at radius 1 is 1.25 bits per heavy atom. The van der Waals surface area contributed by atoms with Gasteiger partial charge in [0, 0.05) is 29.0 Å². The molecule has 1 aromatic heterocycles. The van der Waals surface area contributed by atoms with Gasteiger partial charge in [0.1, 0.15) is 5.75 Å². The topological polar surface area (TPSA) is 92.7 Å². The van der Waals surface area contributed by atoms with Crippen molar-refractivity contribution in [2.45, 2.75) is 6.54 Å². The van der Waals surface area contributed by atoms with Crippen molar-refractivity contribution in [3.63, 3.8) is 0 Å². The molecular formula is C16H15BrN4O3. The normalized spacial score (nSPS) is 10.4. The average molecular weight is 391 g/mol. The number of hydrazone groups is 1. The number of hydrogen-bond donors (Lipinski definition) is 2. The molecule has 0 fully saturated rings. The first kappa shape index (κ1) is 17.6. The second kappa shape index (κ2) is 8.78. The highest BCUT2D eigenvalue weighted by molar-refractivity contribution is 9.10. The molecule has 0 aliphatic rings. The van der Waals surface area contributed by atoms with Crippen LogP contribution in [0.2, 0.25) is 0 Å². The molecule has 124 valence electrons. The van der Waals surface area contributed by atoms with Crippen molar-refractivity contribution in [2.24, 2.45) is 5.10 Å². The number of ether oxygens (including phenoxy) is 1. The van der Waals surface area contributed by atoms with Crippen LogP contribution >= 0.6 is 15.9 Å². The standard InChI is InChI=1S/C16H15BrN4O3/c1-24-14-3-2-13(17)8-12(14)10-20-21-16(23)15(22)19-9-11-4-6-18-7-5-11/h2-8,10H,9H2,1H3,(H,19,22)(H,21,23)/b20-10-. The van der Waals surface area contributed by atoms with Gasteiger partial charge in [0.05, 0.1) is 13.3 Å². The molecule has 0 aliphatic heterocycles. The van der Waals surface area contributed by atoms with E-state index in [4.69, 9.17) is 4.74 Å².